The fraction of sp³-hybridized carbons (Fsp3) is 0.958. The maximum atomic E-state index is 12.9. The summed E-state index contributed by atoms with van der Waals surface area (Å²) >= 11 is 0. The number of hydrogen-bond donors (Lipinski definition) is 0. The van der Waals surface area contributed by atoms with Gasteiger partial charge in [-0.1, -0.05) is 61.3 Å². The maximum Gasteiger partial charge on any atom is 0.311 e. The minimum Gasteiger partial charge on any atom is -0.462 e. The zero-order valence-electron chi connectivity index (χ0n) is 18.8. The lowest BCUT2D eigenvalue weighted by Gasteiger charge is -2.57. The molecule has 9 atom stereocenters. The van der Waals surface area contributed by atoms with Gasteiger partial charge in [0, 0.05) is 5.92 Å². The monoisotopic (exact) mass is 364 g/mol. The predicted octanol–water partition coefficient (Wildman–Crippen LogP) is 6.58. The Hall–Kier alpha value is -0.530. The number of fused-ring (bicyclic) bond motifs is 1. The van der Waals surface area contributed by atoms with Gasteiger partial charge in [-0.05, 0) is 68.1 Å². The first kappa shape index (κ1) is 21.8. The molecule has 0 spiro atoms. The Kier molecular flexibility index (Phi) is 6.89. The second-order valence-electron chi connectivity index (χ2n) is 10.4. The predicted molar refractivity (Wildman–Crippen MR) is 110 cm³/mol. The smallest absolute Gasteiger partial charge is 0.311 e. The largest absolute Gasteiger partial charge is 0.462 e. The van der Waals surface area contributed by atoms with Crippen LogP contribution in [0.25, 0.3) is 0 Å². The van der Waals surface area contributed by atoms with E-state index in [2.05, 4.69) is 48.5 Å². The van der Waals surface area contributed by atoms with Crippen LogP contribution in [0.15, 0.2) is 0 Å². The molecule has 0 amide bonds. The third kappa shape index (κ3) is 3.85. The van der Waals surface area contributed by atoms with Crippen LogP contribution in [-0.4, -0.2) is 12.1 Å². The molecule has 26 heavy (non-hydrogen) atoms. The molecule has 2 aliphatic rings. The van der Waals surface area contributed by atoms with E-state index < -0.39 is 0 Å². The van der Waals surface area contributed by atoms with Crippen LogP contribution in [0.3, 0.4) is 0 Å². The van der Waals surface area contributed by atoms with Gasteiger partial charge in [0.15, 0.2) is 0 Å². The van der Waals surface area contributed by atoms with E-state index in [-0.39, 0.29) is 17.5 Å². The van der Waals surface area contributed by atoms with E-state index in [1.165, 1.54) is 12.8 Å². The van der Waals surface area contributed by atoms with Crippen molar-refractivity contribution in [1.82, 2.24) is 0 Å². The first-order valence-electron chi connectivity index (χ1n) is 11.3. The van der Waals surface area contributed by atoms with Gasteiger partial charge in [0.05, 0.1) is 5.41 Å². The lowest BCUT2D eigenvalue weighted by molar-refractivity contribution is -0.184. The van der Waals surface area contributed by atoms with Gasteiger partial charge in [-0.15, -0.1) is 0 Å². The summed E-state index contributed by atoms with van der Waals surface area (Å²) in [7, 11) is 0. The van der Waals surface area contributed by atoms with Crippen molar-refractivity contribution in [3.05, 3.63) is 0 Å². The summed E-state index contributed by atoms with van der Waals surface area (Å²) in [5.74, 6) is 5.45. The van der Waals surface area contributed by atoms with Crippen molar-refractivity contribution in [2.75, 3.05) is 0 Å². The van der Waals surface area contributed by atoms with Gasteiger partial charge in [0.2, 0.25) is 0 Å². The van der Waals surface area contributed by atoms with Gasteiger partial charge in [0.1, 0.15) is 6.10 Å². The van der Waals surface area contributed by atoms with E-state index in [9.17, 15) is 4.79 Å². The van der Waals surface area contributed by atoms with Gasteiger partial charge >= 0.3 is 5.97 Å². The Morgan fingerprint density at radius 1 is 0.923 bits per heavy atom. The highest BCUT2D eigenvalue weighted by molar-refractivity contribution is 5.76. The van der Waals surface area contributed by atoms with Crippen LogP contribution in [0.5, 0.6) is 0 Å². The molecule has 0 aliphatic heterocycles. The summed E-state index contributed by atoms with van der Waals surface area (Å²) in [6, 6.07) is 0. The quantitative estimate of drug-likeness (QED) is 0.515. The fourth-order valence-electron chi connectivity index (χ4n) is 6.03. The molecule has 0 aromatic carbocycles. The summed E-state index contributed by atoms with van der Waals surface area (Å²) in [5, 5.41) is 0. The first-order chi connectivity index (χ1) is 12.1. The van der Waals surface area contributed by atoms with Crippen LogP contribution in [-0.2, 0) is 9.53 Å². The lowest BCUT2D eigenvalue weighted by atomic mass is 9.49. The first-order valence-corrected chi connectivity index (χ1v) is 11.3. The molecular formula is C24H44O2. The van der Waals surface area contributed by atoms with Crippen molar-refractivity contribution in [3.8, 4) is 0 Å². The fourth-order valence-corrected chi connectivity index (χ4v) is 6.03. The highest BCUT2D eigenvalue weighted by atomic mass is 16.5. The molecule has 2 aliphatic carbocycles. The third-order valence-corrected chi connectivity index (χ3v) is 8.73. The molecule has 2 rings (SSSR count). The normalized spacial score (nSPS) is 43.7. The average Bonchev–Trinajstić information content (AvgIpc) is 2.59. The van der Waals surface area contributed by atoms with Crippen LogP contribution < -0.4 is 0 Å². The van der Waals surface area contributed by atoms with E-state index >= 15 is 0 Å². The van der Waals surface area contributed by atoms with Crippen LogP contribution in [0.2, 0.25) is 0 Å². The number of rotatable bonds is 5. The molecule has 2 heteroatoms. The molecule has 0 saturated heterocycles. The highest BCUT2D eigenvalue weighted by Crippen LogP contribution is 2.56. The zero-order valence-corrected chi connectivity index (χ0v) is 18.8. The van der Waals surface area contributed by atoms with Gasteiger partial charge in [-0.3, -0.25) is 4.79 Å². The van der Waals surface area contributed by atoms with E-state index in [1.807, 2.05) is 13.8 Å². The van der Waals surface area contributed by atoms with Gasteiger partial charge in [0.25, 0.3) is 0 Å². The molecule has 2 fully saturated rings. The van der Waals surface area contributed by atoms with Crippen molar-refractivity contribution in [3.63, 3.8) is 0 Å². The highest BCUT2D eigenvalue weighted by Gasteiger charge is 2.54. The maximum absolute atomic E-state index is 12.9. The summed E-state index contributed by atoms with van der Waals surface area (Å²) in [6.07, 6.45) is 4.48. The minimum atomic E-state index is -0.374. The molecule has 0 aromatic rings. The molecule has 0 heterocycles. The second-order valence-corrected chi connectivity index (χ2v) is 10.4. The topological polar surface area (TPSA) is 26.3 Å². The molecule has 0 radical (unpaired) electrons. The van der Waals surface area contributed by atoms with Crippen molar-refractivity contribution in [2.45, 2.75) is 94.1 Å². The van der Waals surface area contributed by atoms with Gasteiger partial charge in [-0.25, -0.2) is 0 Å². The number of esters is 1. The molecule has 2 nitrogen and oxygen atoms in total. The molecule has 5 unspecified atom stereocenters. The zero-order chi connectivity index (χ0) is 19.8. The molecule has 0 bridgehead atoms. The molecule has 0 aromatic heterocycles. The third-order valence-electron chi connectivity index (χ3n) is 8.73. The standard InChI is InChI=1S/C24H44O2/c1-10-12-19-17(6)16(5)18(7)21-15(4)14(3)13-20(22(19)21)26-23(25)24(8,9)11-2/h14-22H,10-13H2,1-9H3/t14?,15?,16?,17-,18?,19-,20-,21?,22-/m0/s1. The van der Waals surface area contributed by atoms with Crippen molar-refractivity contribution in [2.24, 2.45) is 52.8 Å². The Morgan fingerprint density at radius 3 is 2.08 bits per heavy atom. The van der Waals surface area contributed by atoms with Gasteiger partial charge in [-0.2, -0.15) is 0 Å². The van der Waals surface area contributed by atoms with E-state index in [0.29, 0.717) is 35.5 Å². The Labute approximate surface area is 162 Å². The SMILES string of the molecule is CCC[C@@H]1[C@@H]2C(C(C)C(C)C[C@@H]2OC(=O)C(C)(C)CC)C(C)C(C)[C@@H]1C. The van der Waals surface area contributed by atoms with Crippen LogP contribution in [0.4, 0.5) is 0 Å². The molecular weight excluding hydrogens is 320 g/mol. The van der Waals surface area contributed by atoms with Crippen LogP contribution in [0, 0.1) is 52.8 Å². The van der Waals surface area contributed by atoms with Crippen molar-refractivity contribution < 1.29 is 9.53 Å². The number of carbonyl (C=O) groups excluding carboxylic acids is 1. The minimum absolute atomic E-state index is 0.0136. The number of ether oxygens (including phenoxy) is 1. The molecule has 152 valence electrons. The van der Waals surface area contributed by atoms with Gasteiger partial charge < -0.3 is 4.74 Å². The van der Waals surface area contributed by atoms with Crippen LogP contribution >= 0.6 is 0 Å². The van der Waals surface area contributed by atoms with E-state index in [0.717, 1.165) is 24.7 Å². The Morgan fingerprint density at radius 2 is 1.54 bits per heavy atom. The number of hydrogen-bond acceptors (Lipinski definition) is 2. The van der Waals surface area contributed by atoms with Crippen LogP contribution in [0.1, 0.15) is 88.0 Å². The summed E-state index contributed by atoms with van der Waals surface area (Å²) in [4.78, 5) is 12.9. The second kappa shape index (κ2) is 8.23. The summed E-state index contributed by atoms with van der Waals surface area (Å²) < 4.78 is 6.30. The Bertz CT molecular complexity index is 483. The molecule has 2 saturated carbocycles. The number of carbonyl (C=O) groups is 1. The molecule has 0 N–H and O–H groups in total. The van der Waals surface area contributed by atoms with E-state index in [4.69, 9.17) is 4.74 Å². The average molecular weight is 365 g/mol. The van der Waals surface area contributed by atoms with E-state index in [1.54, 1.807) is 0 Å². The van der Waals surface area contributed by atoms with Crippen molar-refractivity contribution >= 4 is 5.97 Å². The van der Waals surface area contributed by atoms with Crippen molar-refractivity contribution in [1.29, 1.82) is 0 Å². The lowest BCUT2D eigenvalue weighted by Crippen LogP contribution is -2.56. The summed E-state index contributed by atoms with van der Waals surface area (Å²) in [6.45, 7) is 20.7. The summed E-state index contributed by atoms with van der Waals surface area (Å²) in [5.41, 5.74) is -0.374. The Balaban J connectivity index is 2.36.